The van der Waals surface area contributed by atoms with Gasteiger partial charge in [0.05, 0.1) is 6.10 Å². The van der Waals surface area contributed by atoms with Crippen LogP contribution in [0.2, 0.25) is 0 Å². The molecule has 0 bridgehead atoms. The lowest BCUT2D eigenvalue weighted by Gasteiger charge is -2.28. The van der Waals surface area contributed by atoms with Crippen molar-refractivity contribution in [2.24, 2.45) is 5.73 Å². The molecule has 1 unspecified atom stereocenters. The van der Waals surface area contributed by atoms with Crippen molar-refractivity contribution in [3.05, 3.63) is 35.4 Å². The molecule has 1 aromatic rings. The lowest BCUT2D eigenvalue weighted by molar-refractivity contribution is 0.111. The quantitative estimate of drug-likeness (QED) is 0.851. The van der Waals surface area contributed by atoms with E-state index < -0.39 is 0 Å². The van der Waals surface area contributed by atoms with E-state index in [9.17, 15) is 0 Å². The molecule has 1 fully saturated rings. The average molecular weight is 261 g/mol. The largest absolute Gasteiger partial charge is 0.382 e. The van der Waals surface area contributed by atoms with Crippen LogP contribution < -0.4 is 5.73 Å². The van der Waals surface area contributed by atoms with E-state index in [1.807, 2.05) is 0 Å². The van der Waals surface area contributed by atoms with E-state index in [2.05, 4.69) is 31.2 Å². The first-order valence-corrected chi connectivity index (χ1v) is 7.52. The van der Waals surface area contributed by atoms with Crippen LogP contribution in [-0.4, -0.2) is 19.8 Å². The highest BCUT2D eigenvalue weighted by molar-refractivity contribution is 5.30. The van der Waals surface area contributed by atoms with Gasteiger partial charge in [-0.25, -0.2) is 0 Å². The van der Waals surface area contributed by atoms with Crippen molar-refractivity contribution in [2.45, 2.75) is 57.0 Å². The highest BCUT2D eigenvalue weighted by atomic mass is 16.5. The summed E-state index contributed by atoms with van der Waals surface area (Å²) in [7, 11) is 1.78. The van der Waals surface area contributed by atoms with Crippen LogP contribution in [0.1, 0.15) is 50.2 Å². The Kier molecular flexibility index (Phi) is 5.00. The molecule has 2 nitrogen and oxygen atoms in total. The highest BCUT2D eigenvalue weighted by Gasteiger charge is 2.33. The number of benzene rings is 1. The van der Waals surface area contributed by atoms with Crippen LogP contribution in [0, 0.1) is 0 Å². The second-order valence-corrected chi connectivity index (χ2v) is 5.97. The average Bonchev–Trinajstić information content (AvgIpc) is 2.95. The van der Waals surface area contributed by atoms with E-state index in [-0.39, 0.29) is 5.41 Å². The lowest BCUT2D eigenvalue weighted by atomic mass is 9.78. The van der Waals surface area contributed by atoms with Gasteiger partial charge in [0.1, 0.15) is 0 Å². The van der Waals surface area contributed by atoms with Crippen molar-refractivity contribution in [3.63, 3.8) is 0 Å². The molecule has 106 valence electrons. The lowest BCUT2D eigenvalue weighted by Crippen LogP contribution is -2.31. The molecule has 1 aliphatic carbocycles. The third kappa shape index (κ3) is 3.37. The van der Waals surface area contributed by atoms with Crippen molar-refractivity contribution >= 4 is 0 Å². The Labute approximate surface area is 117 Å². The summed E-state index contributed by atoms with van der Waals surface area (Å²) >= 11 is 0. The third-order valence-electron chi connectivity index (χ3n) is 4.76. The Morgan fingerprint density at radius 1 is 1.21 bits per heavy atom. The van der Waals surface area contributed by atoms with Gasteiger partial charge in [0, 0.05) is 19.1 Å². The van der Waals surface area contributed by atoms with Gasteiger partial charge >= 0.3 is 0 Å². The second-order valence-electron chi connectivity index (χ2n) is 5.97. The first-order chi connectivity index (χ1) is 9.20. The summed E-state index contributed by atoms with van der Waals surface area (Å²) in [5.41, 5.74) is 9.14. The molecule has 1 atom stereocenters. The Morgan fingerprint density at radius 2 is 1.84 bits per heavy atom. The fraction of sp³-hybridized carbons (Fsp3) is 0.647. The van der Waals surface area contributed by atoms with Crippen LogP contribution in [0.4, 0.5) is 0 Å². The molecule has 0 saturated heterocycles. The Hall–Kier alpha value is -0.860. The maximum atomic E-state index is 6.04. The normalized spacial score (nSPS) is 19.5. The Balaban J connectivity index is 2.01. The predicted molar refractivity (Wildman–Crippen MR) is 80.4 cm³/mol. The summed E-state index contributed by atoms with van der Waals surface area (Å²) in [4.78, 5) is 0. The zero-order chi connectivity index (χ0) is 13.7. The van der Waals surface area contributed by atoms with Crippen LogP contribution in [0.5, 0.6) is 0 Å². The molecule has 2 rings (SSSR count). The van der Waals surface area contributed by atoms with E-state index in [4.69, 9.17) is 10.5 Å². The summed E-state index contributed by atoms with van der Waals surface area (Å²) in [6.45, 7) is 2.91. The van der Waals surface area contributed by atoms with Gasteiger partial charge in [0.25, 0.3) is 0 Å². The zero-order valence-corrected chi connectivity index (χ0v) is 12.3. The number of rotatable bonds is 6. The number of methoxy groups -OCH3 is 1. The minimum Gasteiger partial charge on any atom is -0.382 e. The minimum absolute atomic E-state index is 0.262. The van der Waals surface area contributed by atoms with E-state index in [0.717, 1.165) is 19.4 Å². The number of ether oxygens (including phenoxy) is 1. The summed E-state index contributed by atoms with van der Waals surface area (Å²) in [6, 6.07) is 9.14. The maximum absolute atomic E-state index is 6.04. The minimum atomic E-state index is 0.262. The van der Waals surface area contributed by atoms with Gasteiger partial charge in [-0.05, 0) is 43.7 Å². The molecule has 1 aliphatic rings. The molecule has 0 aliphatic heterocycles. The van der Waals surface area contributed by atoms with Crippen molar-refractivity contribution in [2.75, 3.05) is 13.7 Å². The third-order valence-corrected chi connectivity index (χ3v) is 4.76. The Morgan fingerprint density at radius 3 is 2.37 bits per heavy atom. The molecule has 0 radical (unpaired) electrons. The summed E-state index contributed by atoms with van der Waals surface area (Å²) in [5.74, 6) is 0. The molecule has 0 heterocycles. The fourth-order valence-corrected chi connectivity index (χ4v) is 3.18. The van der Waals surface area contributed by atoms with Crippen LogP contribution >= 0.6 is 0 Å². The SMILES string of the molecule is COC(C)CCc1ccc(C2(CN)CCCC2)cc1. The molecule has 0 spiro atoms. The van der Waals surface area contributed by atoms with E-state index in [0.29, 0.717) is 6.10 Å². The summed E-state index contributed by atoms with van der Waals surface area (Å²) in [6.07, 6.45) is 7.66. The van der Waals surface area contributed by atoms with Crippen molar-refractivity contribution in [1.29, 1.82) is 0 Å². The fourth-order valence-electron chi connectivity index (χ4n) is 3.18. The molecule has 1 aromatic carbocycles. The maximum Gasteiger partial charge on any atom is 0.0546 e. The predicted octanol–water partition coefficient (Wildman–Crippen LogP) is 3.42. The van der Waals surface area contributed by atoms with Crippen molar-refractivity contribution in [1.82, 2.24) is 0 Å². The zero-order valence-electron chi connectivity index (χ0n) is 12.3. The molecule has 0 amide bonds. The van der Waals surface area contributed by atoms with Gasteiger partial charge in [-0.15, -0.1) is 0 Å². The molecular weight excluding hydrogens is 234 g/mol. The molecular formula is C17H27NO. The Bertz CT molecular complexity index is 379. The smallest absolute Gasteiger partial charge is 0.0546 e. The molecule has 1 saturated carbocycles. The van der Waals surface area contributed by atoms with E-state index in [1.54, 1.807) is 7.11 Å². The summed E-state index contributed by atoms with van der Waals surface area (Å²) < 4.78 is 5.29. The van der Waals surface area contributed by atoms with Crippen LogP contribution in [0.3, 0.4) is 0 Å². The number of hydrogen-bond donors (Lipinski definition) is 1. The first-order valence-electron chi connectivity index (χ1n) is 7.52. The monoisotopic (exact) mass is 261 g/mol. The number of aryl methyl sites for hydroxylation is 1. The first kappa shape index (κ1) is 14.5. The van der Waals surface area contributed by atoms with Crippen molar-refractivity contribution in [3.8, 4) is 0 Å². The highest BCUT2D eigenvalue weighted by Crippen LogP contribution is 2.40. The van der Waals surface area contributed by atoms with Crippen LogP contribution in [0.25, 0.3) is 0 Å². The van der Waals surface area contributed by atoms with E-state index >= 15 is 0 Å². The van der Waals surface area contributed by atoms with Gasteiger partial charge in [-0.2, -0.15) is 0 Å². The van der Waals surface area contributed by atoms with Crippen LogP contribution in [-0.2, 0) is 16.6 Å². The molecule has 2 N–H and O–H groups in total. The summed E-state index contributed by atoms with van der Waals surface area (Å²) in [5, 5.41) is 0. The van der Waals surface area contributed by atoms with Gasteiger partial charge in [-0.1, -0.05) is 37.1 Å². The molecule has 2 heteroatoms. The van der Waals surface area contributed by atoms with Crippen molar-refractivity contribution < 1.29 is 4.74 Å². The van der Waals surface area contributed by atoms with Gasteiger partial charge < -0.3 is 10.5 Å². The van der Waals surface area contributed by atoms with Gasteiger partial charge in [0.2, 0.25) is 0 Å². The topological polar surface area (TPSA) is 35.2 Å². The number of nitrogens with two attached hydrogens (primary N) is 1. The van der Waals surface area contributed by atoms with Crippen LogP contribution in [0.15, 0.2) is 24.3 Å². The molecule has 19 heavy (non-hydrogen) atoms. The van der Waals surface area contributed by atoms with Gasteiger partial charge in [-0.3, -0.25) is 0 Å². The molecule has 0 aromatic heterocycles. The van der Waals surface area contributed by atoms with E-state index in [1.165, 1.54) is 36.8 Å². The second kappa shape index (κ2) is 6.53. The van der Waals surface area contributed by atoms with Gasteiger partial charge in [0.15, 0.2) is 0 Å². The standard InChI is InChI=1S/C17H27NO/c1-14(19-2)5-6-15-7-9-16(10-8-15)17(13-18)11-3-4-12-17/h7-10,14H,3-6,11-13,18H2,1-2H3. The number of hydrogen-bond acceptors (Lipinski definition) is 2.